The summed E-state index contributed by atoms with van der Waals surface area (Å²) in [5.41, 5.74) is 1.37. The van der Waals surface area contributed by atoms with Gasteiger partial charge in [0.2, 0.25) is 5.91 Å². The number of H-pyrrole nitrogens is 1. The number of aromatic nitrogens is 1. The van der Waals surface area contributed by atoms with Crippen molar-refractivity contribution in [2.75, 3.05) is 27.2 Å². The molecule has 0 aliphatic heterocycles. The zero-order chi connectivity index (χ0) is 15.9. The summed E-state index contributed by atoms with van der Waals surface area (Å²) in [6.45, 7) is 1.62. The van der Waals surface area contributed by atoms with E-state index in [1.165, 1.54) is 0 Å². The van der Waals surface area contributed by atoms with Gasteiger partial charge in [0.25, 0.3) is 5.56 Å². The average molecular weight is 301 g/mol. The van der Waals surface area contributed by atoms with Crippen molar-refractivity contribution in [1.29, 1.82) is 0 Å². The maximum Gasteiger partial charge on any atom is 0.251 e. The summed E-state index contributed by atoms with van der Waals surface area (Å²) in [6, 6.07) is 9.52. The summed E-state index contributed by atoms with van der Waals surface area (Å²) in [5.74, 6) is -0.00804. The van der Waals surface area contributed by atoms with Gasteiger partial charge >= 0.3 is 0 Å². The van der Waals surface area contributed by atoms with Crippen molar-refractivity contribution >= 4 is 16.8 Å². The summed E-state index contributed by atoms with van der Waals surface area (Å²) in [6.07, 6.45) is 1.72. The Kier molecular flexibility index (Phi) is 5.72. The number of aryl methyl sites for hydroxylation is 1. The van der Waals surface area contributed by atoms with Crippen LogP contribution >= 0.6 is 0 Å². The quantitative estimate of drug-likeness (QED) is 0.762. The number of para-hydroxylation sites is 1. The van der Waals surface area contributed by atoms with Crippen LogP contribution in [0.5, 0.6) is 0 Å². The topological polar surface area (TPSA) is 65.2 Å². The normalized spacial score (nSPS) is 11.0. The summed E-state index contributed by atoms with van der Waals surface area (Å²) in [5, 5.41) is 3.88. The number of fused-ring (bicyclic) bond motifs is 1. The summed E-state index contributed by atoms with van der Waals surface area (Å²) in [4.78, 5) is 28.7. The van der Waals surface area contributed by atoms with Crippen molar-refractivity contribution < 1.29 is 4.79 Å². The lowest BCUT2D eigenvalue weighted by atomic mass is 10.1. The van der Waals surface area contributed by atoms with Gasteiger partial charge in [-0.2, -0.15) is 0 Å². The molecule has 0 aliphatic carbocycles. The predicted molar refractivity (Wildman–Crippen MR) is 89.1 cm³/mol. The number of hydrogen-bond acceptors (Lipinski definition) is 3. The highest BCUT2D eigenvalue weighted by Gasteiger charge is 2.06. The first-order valence-electron chi connectivity index (χ1n) is 7.58. The largest absolute Gasteiger partial charge is 0.356 e. The van der Waals surface area contributed by atoms with E-state index >= 15 is 0 Å². The molecule has 0 aliphatic rings. The van der Waals surface area contributed by atoms with Crippen LogP contribution in [0.25, 0.3) is 10.9 Å². The molecule has 1 aromatic carbocycles. The van der Waals surface area contributed by atoms with Crippen LogP contribution in [0.1, 0.15) is 18.4 Å². The van der Waals surface area contributed by atoms with E-state index in [9.17, 15) is 9.59 Å². The minimum Gasteiger partial charge on any atom is -0.356 e. The fraction of sp³-hybridized carbons (Fsp3) is 0.412. The van der Waals surface area contributed by atoms with Crippen molar-refractivity contribution in [3.8, 4) is 0 Å². The van der Waals surface area contributed by atoms with Crippen LogP contribution in [-0.2, 0) is 11.2 Å². The van der Waals surface area contributed by atoms with E-state index in [2.05, 4.69) is 15.2 Å². The molecular weight excluding hydrogens is 278 g/mol. The van der Waals surface area contributed by atoms with E-state index in [-0.39, 0.29) is 11.5 Å². The molecule has 0 spiro atoms. The van der Waals surface area contributed by atoms with Crippen molar-refractivity contribution in [3.63, 3.8) is 0 Å². The molecule has 2 aromatic rings. The number of aromatic amines is 1. The summed E-state index contributed by atoms with van der Waals surface area (Å²) < 4.78 is 0. The van der Waals surface area contributed by atoms with Crippen LogP contribution in [-0.4, -0.2) is 43.0 Å². The molecule has 0 saturated heterocycles. The lowest BCUT2D eigenvalue weighted by Crippen LogP contribution is -2.27. The molecule has 0 unspecified atom stereocenters. The third-order valence-corrected chi connectivity index (χ3v) is 3.56. The zero-order valence-electron chi connectivity index (χ0n) is 13.2. The fourth-order valence-corrected chi connectivity index (χ4v) is 2.34. The van der Waals surface area contributed by atoms with Crippen LogP contribution in [0.3, 0.4) is 0 Å². The van der Waals surface area contributed by atoms with Gasteiger partial charge in [0.05, 0.1) is 0 Å². The van der Waals surface area contributed by atoms with Gasteiger partial charge in [-0.3, -0.25) is 9.59 Å². The second-order valence-corrected chi connectivity index (χ2v) is 5.72. The molecule has 0 bridgehead atoms. The first kappa shape index (κ1) is 16.2. The molecule has 5 heteroatoms. The predicted octanol–water partition coefficient (Wildman–Crippen LogP) is 1.53. The number of carbonyl (C=O) groups excluding carboxylic acids is 1. The fourth-order valence-electron chi connectivity index (χ4n) is 2.34. The lowest BCUT2D eigenvalue weighted by molar-refractivity contribution is -0.121. The number of carbonyl (C=O) groups is 1. The van der Waals surface area contributed by atoms with E-state index in [0.29, 0.717) is 24.9 Å². The van der Waals surface area contributed by atoms with Gasteiger partial charge in [-0.25, -0.2) is 0 Å². The summed E-state index contributed by atoms with van der Waals surface area (Å²) >= 11 is 0. The highest BCUT2D eigenvalue weighted by atomic mass is 16.1. The van der Waals surface area contributed by atoms with Crippen molar-refractivity contribution in [2.45, 2.75) is 19.3 Å². The van der Waals surface area contributed by atoms with Crippen LogP contribution in [0.15, 0.2) is 35.1 Å². The molecule has 1 aromatic heterocycles. The Bertz CT molecular complexity index is 692. The van der Waals surface area contributed by atoms with Crippen LogP contribution in [0, 0.1) is 0 Å². The molecule has 0 fully saturated rings. The van der Waals surface area contributed by atoms with Crippen LogP contribution < -0.4 is 10.9 Å². The molecule has 22 heavy (non-hydrogen) atoms. The Morgan fingerprint density at radius 3 is 2.82 bits per heavy atom. The molecule has 2 rings (SSSR count). The number of amides is 1. The maximum atomic E-state index is 12.0. The van der Waals surface area contributed by atoms with Crippen molar-refractivity contribution in [1.82, 2.24) is 15.2 Å². The molecule has 0 saturated carbocycles. The van der Waals surface area contributed by atoms with E-state index in [1.54, 1.807) is 0 Å². The summed E-state index contributed by atoms with van der Waals surface area (Å²) in [7, 11) is 4.02. The second-order valence-electron chi connectivity index (χ2n) is 5.72. The molecule has 118 valence electrons. The van der Waals surface area contributed by atoms with Crippen molar-refractivity contribution in [3.05, 3.63) is 46.2 Å². The molecule has 5 nitrogen and oxygen atoms in total. The van der Waals surface area contributed by atoms with Gasteiger partial charge in [0.1, 0.15) is 0 Å². The Hall–Kier alpha value is -2.14. The van der Waals surface area contributed by atoms with Gasteiger partial charge in [0.15, 0.2) is 0 Å². The molecule has 0 radical (unpaired) electrons. The number of nitrogens with one attached hydrogen (secondary N) is 2. The minimum absolute atomic E-state index is 0.00804. The van der Waals surface area contributed by atoms with E-state index in [4.69, 9.17) is 0 Å². The smallest absolute Gasteiger partial charge is 0.251 e. The van der Waals surface area contributed by atoms with Gasteiger partial charge in [-0.15, -0.1) is 0 Å². The van der Waals surface area contributed by atoms with Crippen LogP contribution in [0.2, 0.25) is 0 Å². The first-order chi connectivity index (χ1) is 10.6. The van der Waals surface area contributed by atoms with Gasteiger partial charge < -0.3 is 15.2 Å². The highest BCUT2D eigenvalue weighted by molar-refractivity contribution is 5.79. The maximum absolute atomic E-state index is 12.0. The molecular formula is C17H23N3O2. The van der Waals surface area contributed by atoms with Crippen LogP contribution in [0.4, 0.5) is 0 Å². The molecule has 1 heterocycles. The number of nitrogens with zero attached hydrogens (tertiary/aromatic N) is 1. The standard InChI is InChI=1S/C17H23N3O2/c1-20(2)11-5-10-18-16(21)9-8-14-12-13-6-3-4-7-15(13)19-17(14)22/h3-4,6-7,12H,5,8-11H2,1-2H3,(H,18,21)(H,19,22). The lowest BCUT2D eigenvalue weighted by Gasteiger charge is -2.09. The Labute approximate surface area is 130 Å². The number of rotatable bonds is 7. The Morgan fingerprint density at radius 1 is 1.27 bits per heavy atom. The number of hydrogen-bond donors (Lipinski definition) is 2. The third kappa shape index (κ3) is 4.70. The van der Waals surface area contributed by atoms with Gasteiger partial charge in [-0.1, -0.05) is 18.2 Å². The minimum atomic E-state index is -0.112. The van der Waals surface area contributed by atoms with Gasteiger partial charge in [-0.05, 0) is 51.0 Å². The average Bonchev–Trinajstić information content (AvgIpc) is 2.49. The molecule has 0 atom stereocenters. The molecule has 1 amide bonds. The SMILES string of the molecule is CN(C)CCCNC(=O)CCc1cc2ccccc2[nH]c1=O. The zero-order valence-corrected chi connectivity index (χ0v) is 13.2. The first-order valence-corrected chi connectivity index (χ1v) is 7.58. The van der Waals surface area contributed by atoms with Crippen molar-refractivity contribution in [2.24, 2.45) is 0 Å². The van der Waals surface area contributed by atoms with E-state index in [0.717, 1.165) is 23.9 Å². The third-order valence-electron chi connectivity index (χ3n) is 3.56. The second kappa shape index (κ2) is 7.75. The van der Waals surface area contributed by atoms with Gasteiger partial charge in [0, 0.05) is 24.0 Å². The highest BCUT2D eigenvalue weighted by Crippen LogP contribution is 2.10. The number of pyridine rings is 1. The molecule has 2 N–H and O–H groups in total. The monoisotopic (exact) mass is 301 g/mol. The Balaban J connectivity index is 1.87. The van der Waals surface area contributed by atoms with E-state index in [1.807, 2.05) is 44.4 Å². The van der Waals surface area contributed by atoms with E-state index < -0.39 is 0 Å². The number of benzene rings is 1. The Morgan fingerprint density at radius 2 is 2.05 bits per heavy atom.